The number of carbonyl (C=O) groups excluding carboxylic acids is 1. The average Bonchev–Trinajstić information content (AvgIpc) is 2.01. The van der Waals surface area contributed by atoms with Crippen molar-refractivity contribution in [1.82, 2.24) is 4.90 Å². The molecule has 82 valence electrons. The Balaban J connectivity index is 2.77. The summed E-state index contributed by atoms with van der Waals surface area (Å²) in [5, 5.41) is 0. The number of morpholine rings is 1. The fourth-order valence-electron chi connectivity index (χ4n) is 1.73. The predicted octanol–water partition coefficient (Wildman–Crippen LogP) is 1.67. The number of hydrogen-bond acceptors (Lipinski definition) is 2. The molecule has 3 nitrogen and oxygen atoms in total. The second-order valence-electron chi connectivity index (χ2n) is 5.24. The molecule has 1 aliphatic heterocycles. The van der Waals surface area contributed by atoms with E-state index in [2.05, 4.69) is 0 Å². The van der Waals surface area contributed by atoms with Gasteiger partial charge in [0.1, 0.15) is 6.10 Å². The molecule has 0 aromatic rings. The minimum Gasteiger partial charge on any atom is -0.366 e. The molecule has 0 saturated carbocycles. The maximum atomic E-state index is 12.0. The van der Waals surface area contributed by atoms with Gasteiger partial charge in [0.25, 0.3) is 5.91 Å². The molecule has 0 bridgehead atoms. The van der Waals surface area contributed by atoms with Crippen molar-refractivity contribution < 1.29 is 9.53 Å². The van der Waals surface area contributed by atoms with Crippen LogP contribution in [0.3, 0.4) is 0 Å². The molecule has 1 atom stereocenters. The van der Waals surface area contributed by atoms with Crippen LogP contribution >= 0.6 is 0 Å². The molecule has 0 aromatic heterocycles. The van der Waals surface area contributed by atoms with Gasteiger partial charge in [-0.3, -0.25) is 4.79 Å². The zero-order valence-electron chi connectivity index (χ0n) is 9.83. The van der Waals surface area contributed by atoms with E-state index >= 15 is 0 Å². The Bertz CT molecular complexity index is 218. The van der Waals surface area contributed by atoms with Crippen molar-refractivity contribution in [3.63, 3.8) is 0 Å². The van der Waals surface area contributed by atoms with Gasteiger partial charge >= 0.3 is 0 Å². The van der Waals surface area contributed by atoms with Gasteiger partial charge in [-0.25, -0.2) is 0 Å². The second-order valence-corrected chi connectivity index (χ2v) is 5.24. The first-order valence-electron chi connectivity index (χ1n) is 5.26. The highest BCUT2D eigenvalue weighted by Crippen LogP contribution is 2.26. The first-order chi connectivity index (χ1) is 6.34. The molecule has 1 unspecified atom stereocenters. The van der Waals surface area contributed by atoms with Crippen LogP contribution < -0.4 is 0 Å². The third-order valence-corrected chi connectivity index (χ3v) is 2.53. The fraction of sp³-hybridized carbons (Fsp3) is 0.909. The molecule has 0 aliphatic carbocycles. The summed E-state index contributed by atoms with van der Waals surface area (Å²) in [6.07, 6.45) is -0.279. The van der Waals surface area contributed by atoms with E-state index in [4.69, 9.17) is 4.74 Å². The van der Waals surface area contributed by atoms with Crippen LogP contribution in [0, 0.1) is 5.41 Å². The molecule has 1 fully saturated rings. The van der Waals surface area contributed by atoms with E-state index in [0.29, 0.717) is 6.61 Å². The molecule has 0 aromatic carbocycles. The first-order valence-corrected chi connectivity index (χ1v) is 5.26. The molecular weight excluding hydrogens is 178 g/mol. The predicted molar refractivity (Wildman–Crippen MR) is 56.0 cm³/mol. The van der Waals surface area contributed by atoms with Crippen LogP contribution in [-0.2, 0) is 9.53 Å². The van der Waals surface area contributed by atoms with Crippen LogP contribution in [0.2, 0.25) is 0 Å². The summed E-state index contributed by atoms with van der Waals surface area (Å²) < 4.78 is 5.54. The van der Waals surface area contributed by atoms with Crippen LogP contribution in [-0.4, -0.2) is 36.1 Å². The summed E-state index contributed by atoms with van der Waals surface area (Å²) in [6.45, 7) is 11.6. The van der Waals surface area contributed by atoms with Gasteiger partial charge in [-0.1, -0.05) is 20.8 Å². The largest absolute Gasteiger partial charge is 0.366 e. The lowest BCUT2D eigenvalue weighted by Crippen LogP contribution is -2.54. The lowest BCUT2D eigenvalue weighted by atomic mass is 9.87. The van der Waals surface area contributed by atoms with Crippen molar-refractivity contribution in [2.24, 2.45) is 5.41 Å². The normalized spacial score (nSPS) is 24.6. The molecule has 0 radical (unpaired) electrons. The summed E-state index contributed by atoms with van der Waals surface area (Å²) in [4.78, 5) is 13.9. The standard InChI is InChI=1S/C11H21NO2/c1-8(2)12-6-7-14-9(10(12)13)11(3,4)5/h8-9H,6-7H2,1-5H3. The fourth-order valence-corrected chi connectivity index (χ4v) is 1.73. The van der Waals surface area contributed by atoms with Crippen LogP contribution in [0.15, 0.2) is 0 Å². The maximum absolute atomic E-state index is 12.0. The molecule has 1 rings (SSSR count). The van der Waals surface area contributed by atoms with Gasteiger partial charge in [-0.15, -0.1) is 0 Å². The van der Waals surface area contributed by atoms with Gasteiger partial charge in [0.05, 0.1) is 6.61 Å². The van der Waals surface area contributed by atoms with Crippen LogP contribution in [0.4, 0.5) is 0 Å². The molecule has 3 heteroatoms. The molecule has 1 aliphatic rings. The van der Waals surface area contributed by atoms with Gasteiger partial charge in [-0.2, -0.15) is 0 Å². The number of carbonyl (C=O) groups is 1. The number of ether oxygens (including phenoxy) is 1. The SMILES string of the molecule is CC(C)N1CCOC(C(C)(C)C)C1=O. The van der Waals surface area contributed by atoms with Crippen LogP contribution in [0.1, 0.15) is 34.6 Å². The van der Waals surface area contributed by atoms with Gasteiger partial charge < -0.3 is 9.64 Å². The summed E-state index contributed by atoms with van der Waals surface area (Å²) in [6, 6.07) is 0.274. The van der Waals surface area contributed by atoms with E-state index in [1.165, 1.54) is 0 Å². The highest BCUT2D eigenvalue weighted by Gasteiger charge is 2.38. The number of hydrogen-bond donors (Lipinski definition) is 0. The second kappa shape index (κ2) is 3.89. The van der Waals surface area contributed by atoms with E-state index in [1.807, 2.05) is 39.5 Å². The third-order valence-electron chi connectivity index (χ3n) is 2.53. The van der Waals surface area contributed by atoms with Crippen LogP contribution in [0.5, 0.6) is 0 Å². The molecule has 0 N–H and O–H groups in total. The number of rotatable bonds is 1. The lowest BCUT2D eigenvalue weighted by Gasteiger charge is -2.40. The van der Waals surface area contributed by atoms with Gasteiger partial charge in [-0.05, 0) is 19.3 Å². The molecule has 14 heavy (non-hydrogen) atoms. The van der Waals surface area contributed by atoms with Crippen molar-refractivity contribution in [3.05, 3.63) is 0 Å². The van der Waals surface area contributed by atoms with E-state index < -0.39 is 0 Å². The molecule has 0 spiro atoms. The zero-order chi connectivity index (χ0) is 10.9. The summed E-state index contributed by atoms with van der Waals surface area (Å²) >= 11 is 0. The highest BCUT2D eigenvalue weighted by molar-refractivity contribution is 5.82. The maximum Gasteiger partial charge on any atom is 0.252 e. The summed E-state index contributed by atoms with van der Waals surface area (Å²) in [5.74, 6) is 0.138. The minimum absolute atomic E-state index is 0.107. The number of nitrogens with zero attached hydrogens (tertiary/aromatic N) is 1. The molecular formula is C11H21NO2. The van der Waals surface area contributed by atoms with Gasteiger partial charge in [0.15, 0.2) is 0 Å². The van der Waals surface area contributed by atoms with Crippen molar-refractivity contribution in [2.45, 2.75) is 46.8 Å². The van der Waals surface area contributed by atoms with E-state index in [1.54, 1.807) is 0 Å². The van der Waals surface area contributed by atoms with Gasteiger partial charge in [0.2, 0.25) is 0 Å². The number of amides is 1. The molecule has 1 amide bonds. The van der Waals surface area contributed by atoms with E-state index in [-0.39, 0.29) is 23.5 Å². The van der Waals surface area contributed by atoms with E-state index in [0.717, 1.165) is 6.54 Å². The summed E-state index contributed by atoms with van der Waals surface area (Å²) in [5.41, 5.74) is -0.107. The van der Waals surface area contributed by atoms with Crippen molar-refractivity contribution >= 4 is 5.91 Å². The van der Waals surface area contributed by atoms with Crippen molar-refractivity contribution in [1.29, 1.82) is 0 Å². The Kier molecular flexibility index (Phi) is 3.20. The van der Waals surface area contributed by atoms with Gasteiger partial charge in [0, 0.05) is 12.6 Å². The van der Waals surface area contributed by atoms with E-state index in [9.17, 15) is 4.79 Å². The Morgan fingerprint density at radius 3 is 2.43 bits per heavy atom. The minimum atomic E-state index is -0.279. The molecule has 1 heterocycles. The Morgan fingerprint density at radius 1 is 1.43 bits per heavy atom. The zero-order valence-corrected chi connectivity index (χ0v) is 9.83. The topological polar surface area (TPSA) is 29.5 Å². The average molecular weight is 199 g/mol. The Morgan fingerprint density at radius 2 is 2.00 bits per heavy atom. The van der Waals surface area contributed by atoms with Crippen LogP contribution in [0.25, 0.3) is 0 Å². The lowest BCUT2D eigenvalue weighted by molar-refractivity contribution is -0.164. The smallest absolute Gasteiger partial charge is 0.252 e. The quantitative estimate of drug-likeness (QED) is 0.643. The van der Waals surface area contributed by atoms with Crippen molar-refractivity contribution in [3.8, 4) is 0 Å². The third kappa shape index (κ3) is 2.27. The first kappa shape index (κ1) is 11.5. The van der Waals surface area contributed by atoms with Crippen molar-refractivity contribution in [2.75, 3.05) is 13.2 Å². The summed E-state index contributed by atoms with van der Waals surface area (Å²) in [7, 11) is 0. The highest BCUT2D eigenvalue weighted by atomic mass is 16.5. The Hall–Kier alpha value is -0.570. The monoisotopic (exact) mass is 199 g/mol. The molecule has 1 saturated heterocycles. The Labute approximate surface area is 86.4 Å².